The lowest BCUT2D eigenvalue weighted by atomic mass is 10.1. The minimum Gasteiger partial charge on any atom is -0.316 e. The third-order valence-electron chi connectivity index (χ3n) is 3.90. The first kappa shape index (κ1) is 19.1. The van der Waals surface area contributed by atoms with Crippen LogP contribution in [-0.2, 0) is 23.8 Å². The predicted molar refractivity (Wildman–Crippen MR) is 96.9 cm³/mol. The number of carbonyl (C=O) groups is 1. The monoisotopic (exact) mass is 416 g/mol. The van der Waals surface area contributed by atoms with Crippen molar-refractivity contribution in [3.05, 3.63) is 44.8 Å². The minimum absolute atomic E-state index is 0.0631. The highest BCUT2D eigenvalue weighted by molar-refractivity contribution is 8.00. The van der Waals surface area contributed by atoms with Crippen molar-refractivity contribution in [3.63, 3.8) is 0 Å². The number of carbonyl (C=O) groups excluding carboxylic acids is 1. The maximum absolute atomic E-state index is 12.9. The lowest BCUT2D eigenvalue weighted by Crippen LogP contribution is -2.14. The Labute approximate surface area is 161 Å². The van der Waals surface area contributed by atoms with Crippen LogP contribution in [0.15, 0.2) is 23.1 Å². The van der Waals surface area contributed by atoms with Crippen LogP contribution >= 0.6 is 34.7 Å². The van der Waals surface area contributed by atoms with Crippen molar-refractivity contribution in [1.29, 1.82) is 5.26 Å². The number of hydrogen-bond acceptors (Lipinski definition) is 4. The normalized spacial score (nSPS) is 13.3. The lowest BCUT2D eigenvalue weighted by Gasteiger charge is -2.10. The zero-order chi connectivity index (χ0) is 18.9. The molecule has 1 N–H and O–H groups in total. The number of fused-ring (bicyclic) bond motifs is 1. The molecule has 9 heteroatoms. The van der Waals surface area contributed by atoms with Gasteiger partial charge in [0.15, 0.2) is 0 Å². The summed E-state index contributed by atoms with van der Waals surface area (Å²) in [7, 11) is 0. The molecular formula is C17H12ClF3N2OS2. The van der Waals surface area contributed by atoms with E-state index in [4.69, 9.17) is 11.6 Å². The van der Waals surface area contributed by atoms with Crippen molar-refractivity contribution in [3.8, 4) is 6.07 Å². The van der Waals surface area contributed by atoms with Gasteiger partial charge < -0.3 is 5.32 Å². The van der Waals surface area contributed by atoms with Gasteiger partial charge in [-0.15, -0.1) is 23.1 Å². The molecule has 1 amide bonds. The molecular weight excluding hydrogens is 405 g/mol. The molecule has 136 valence electrons. The van der Waals surface area contributed by atoms with E-state index in [1.54, 1.807) is 0 Å². The number of halogens is 4. The third-order valence-corrected chi connectivity index (χ3v) is 6.43. The van der Waals surface area contributed by atoms with Crippen LogP contribution in [0.2, 0.25) is 5.02 Å². The Balaban J connectivity index is 1.66. The van der Waals surface area contributed by atoms with Gasteiger partial charge in [0.05, 0.1) is 21.9 Å². The molecule has 1 aliphatic carbocycles. The number of thioether (sulfide) groups is 1. The van der Waals surface area contributed by atoms with Gasteiger partial charge in [0.1, 0.15) is 11.1 Å². The van der Waals surface area contributed by atoms with Crippen LogP contribution < -0.4 is 5.32 Å². The molecule has 3 nitrogen and oxygen atoms in total. The smallest absolute Gasteiger partial charge is 0.316 e. The number of rotatable bonds is 4. The number of hydrogen-bond donors (Lipinski definition) is 1. The van der Waals surface area contributed by atoms with Gasteiger partial charge in [-0.3, -0.25) is 4.79 Å². The standard InChI is InChI=1S/C17H12ClF3N2OS2/c18-13-5-4-9(6-12(13)17(19,20)21)25-8-15(24)23-16-11(7-22)10-2-1-3-14(10)26-16/h4-6H,1-3,8H2,(H,23,24). The Morgan fingerprint density at radius 3 is 2.85 bits per heavy atom. The molecule has 0 unspecified atom stereocenters. The molecule has 0 spiro atoms. The molecule has 3 rings (SSSR count). The topological polar surface area (TPSA) is 52.9 Å². The number of aryl methyl sites for hydroxylation is 1. The summed E-state index contributed by atoms with van der Waals surface area (Å²) in [6, 6.07) is 5.68. The maximum atomic E-state index is 12.9. The summed E-state index contributed by atoms with van der Waals surface area (Å²) in [5.74, 6) is -0.429. The van der Waals surface area contributed by atoms with Crippen LogP contribution in [0.5, 0.6) is 0 Å². The second-order valence-electron chi connectivity index (χ2n) is 5.65. The van der Waals surface area contributed by atoms with Crippen LogP contribution in [0.4, 0.5) is 18.2 Å². The van der Waals surface area contributed by atoms with Crippen molar-refractivity contribution in [2.45, 2.75) is 30.3 Å². The fraction of sp³-hybridized carbons (Fsp3) is 0.294. The quantitative estimate of drug-likeness (QED) is 0.668. The number of benzene rings is 1. The highest BCUT2D eigenvalue weighted by Crippen LogP contribution is 2.39. The Kier molecular flexibility index (Phi) is 5.51. The Morgan fingerprint density at radius 1 is 1.38 bits per heavy atom. The fourth-order valence-electron chi connectivity index (χ4n) is 2.73. The van der Waals surface area contributed by atoms with Gasteiger partial charge in [-0.05, 0) is 43.0 Å². The lowest BCUT2D eigenvalue weighted by molar-refractivity contribution is -0.137. The number of nitrogens with zero attached hydrogens (tertiary/aromatic N) is 1. The Hall–Kier alpha value is -1.69. The second-order valence-corrected chi connectivity index (χ2v) is 8.21. The zero-order valence-electron chi connectivity index (χ0n) is 13.2. The molecule has 2 aromatic rings. The van der Waals surface area contributed by atoms with Crippen molar-refractivity contribution in [2.24, 2.45) is 0 Å². The van der Waals surface area contributed by atoms with Gasteiger partial charge in [0.25, 0.3) is 0 Å². The largest absolute Gasteiger partial charge is 0.417 e. The average molecular weight is 417 g/mol. The molecule has 1 aromatic carbocycles. The summed E-state index contributed by atoms with van der Waals surface area (Å²) in [5, 5.41) is 12.2. The van der Waals surface area contributed by atoms with Crippen LogP contribution in [0.25, 0.3) is 0 Å². The molecule has 0 fully saturated rings. The molecule has 1 heterocycles. The van der Waals surface area contributed by atoms with Gasteiger partial charge >= 0.3 is 6.18 Å². The number of thiophene rings is 1. The van der Waals surface area contributed by atoms with Crippen molar-refractivity contribution in [1.82, 2.24) is 0 Å². The molecule has 0 saturated heterocycles. The van der Waals surface area contributed by atoms with E-state index in [9.17, 15) is 23.2 Å². The van der Waals surface area contributed by atoms with E-state index < -0.39 is 11.7 Å². The van der Waals surface area contributed by atoms with Gasteiger partial charge in [0.2, 0.25) is 5.91 Å². The number of nitrogens with one attached hydrogen (secondary N) is 1. The number of anilines is 1. The molecule has 0 atom stereocenters. The highest BCUT2D eigenvalue weighted by Gasteiger charge is 2.33. The van der Waals surface area contributed by atoms with E-state index >= 15 is 0 Å². The average Bonchev–Trinajstić information content (AvgIpc) is 3.13. The summed E-state index contributed by atoms with van der Waals surface area (Å²) < 4.78 is 38.6. The molecule has 0 bridgehead atoms. The summed E-state index contributed by atoms with van der Waals surface area (Å²) in [5.41, 5.74) is 0.589. The molecule has 0 aliphatic heterocycles. The van der Waals surface area contributed by atoms with E-state index in [0.29, 0.717) is 15.5 Å². The molecule has 0 radical (unpaired) electrons. The molecule has 1 aliphatic rings. The van der Waals surface area contributed by atoms with Gasteiger partial charge in [-0.1, -0.05) is 11.6 Å². The first-order valence-electron chi connectivity index (χ1n) is 7.63. The molecule has 1 aromatic heterocycles. The van der Waals surface area contributed by atoms with E-state index in [-0.39, 0.29) is 16.7 Å². The molecule has 0 saturated carbocycles. The number of nitriles is 1. The van der Waals surface area contributed by atoms with Gasteiger partial charge in [-0.2, -0.15) is 18.4 Å². The van der Waals surface area contributed by atoms with Crippen LogP contribution in [0.1, 0.15) is 28.0 Å². The second kappa shape index (κ2) is 7.51. The van der Waals surface area contributed by atoms with E-state index in [2.05, 4.69) is 11.4 Å². The van der Waals surface area contributed by atoms with E-state index in [0.717, 1.165) is 47.5 Å². The summed E-state index contributed by atoms with van der Waals surface area (Å²) in [6.07, 6.45) is -1.79. The van der Waals surface area contributed by atoms with E-state index in [1.807, 2.05) is 0 Å². The summed E-state index contributed by atoms with van der Waals surface area (Å²) in [6.45, 7) is 0. The Bertz CT molecular complexity index is 903. The van der Waals surface area contributed by atoms with Crippen molar-refractivity contribution < 1.29 is 18.0 Å². The van der Waals surface area contributed by atoms with Gasteiger partial charge in [-0.25, -0.2) is 0 Å². The number of amides is 1. The van der Waals surface area contributed by atoms with Crippen molar-refractivity contribution in [2.75, 3.05) is 11.1 Å². The molecule has 26 heavy (non-hydrogen) atoms. The van der Waals surface area contributed by atoms with Crippen LogP contribution in [-0.4, -0.2) is 11.7 Å². The fourth-order valence-corrected chi connectivity index (χ4v) is 4.95. The Morgan fingerprint density at radius 2 is 2.15 bits per heavy atom. The summed E-state index contributed by atoms with van der Waals surface area (Å²) in [4.78, 5) is 13.6. The van der Waals surface area contributed by atoms with Crippen LogP contribution in [0.3, 0.4) is 0 Å². The zero-order valence-corrected chi connectivity index (χ0v) is 15.6. The van der Waals surface area contributed by atoms with E-state index in [1.165, 1.54) is 23.5 Å². The third kappa shape index (κ3) is 4.00. The predicted octanol–water partition coefficient (Wildman–Crippen LogP) is 5.51. The van der Waals surface area contributed by atoms with Crippen LogP contribution in [0, 0.1) is 11.3 Å². The SMILES string of the molecule is N#Cc1c(NC(=O)CSc2ccc(Cl)c(C(F)(F)F)c2)sc2c1CCC2. The minimum atomic E-state index is -4.55. The van der Waals surface area contributed by atoms with Crippen molar-refractivity contribution >= 4 is 45.6 Å². The highest BCUT2D eigenvalue weighted by atomic mass is 35.5. The first-order chi connectivity index (χ1) is 12.3. The maximum Gasteiger partial charge on any atom is 0.417 e. The first-order valence-corrected chi connectivity index (χ1v) is 9.81. The number of alkyl halides is 3. The van der Waals surface area contributed by atoms with Gasteiger partial charge in [0, 0.05) is 9.77 Å². The summed E-state index contributed by atoms with van der Waals surface area (Å²) >= 11 is 7.97.